The highest BCUT2D eigenvalue weighted by molar-refractivity contribution is 7.16. The van der Waals surface area contributed by atoms with Crippen LogP contribution in [0.2, 0.25) is 4.34 Å². The molecule has 0 saturated heterocycles. The van der Waals surface area contributed by atoms with Gasteiger partial charge in [-0.15, -0.1) is 11.3 Å². The monoisotopic (exact) mass is 307 g/mol. The molecule has 1 N–H and O–H groups in total. The summed E-state index contributed by atoms with van der Waals surface area (Å²) in [4.78, 5) is 1.30. The third kappa shape index (κ3) is 2.85. The summed E-state index contributed by atoms with van der Waals surface area (Å²) >= 11 is 7.74. The van der Waals surface area contributed by atoms with Crippen molar-refractivity contribution >= 4 is 22.9 Å². The minimum Gasteiger partial charge on any atom is -0.493 e. The van der Waals surface area contributed by atoms with E-state index >= 15 is 0 Å². The van der Waals surface area contributed by atoms with E-state index in [9.17, 15) is 0 Å². The fourth-order valence-corrected chi connectivity index (χ4v) is 4.01. The lowest BCUT2D eigenvalue weighted by molar-refractivity contribution is 0.187. The van der Waals surface area contributed by atoms with Gasteiger partial charge in [-0.25, -0.2) is 0 Å². The Morgan fingerprint density at radius 1 is 1.35 bits per heavy atom. The summed E-state index contributed by atoms with van der Waals surface area (Å²) in [5.41, 5.74) is 1.30. The summed E-state index contributed by atoms with van der Waals surface area (Å²) in [7, 11) is 0. The van der Waals surface area contributed by atoms with Crippen molar-refractivity contribution in [3.05, 3.63) is 51.2 Å². The first kappa shape index (κ1) is 13.9. The first-order chi connectivity index (χ1) is 9.78. The Morgan fingerprint density at radius 3 is 2.95 bits per heavy atom. The molecule has 2 atom stereocenters. The smallest absolute Gasteiger partial charge is 0.122 e. The van der Waals surface area contributed by atoms with Gasteiger partial charge < -0.3 is 10.1 Å². The number of hydrogen-bond acceptors (Lipinski definition) is 3. The van der Waals surface area contributed by atoms with Gasteiger partial charge in [-0.3, -0.25) is 0 Å². The Balaban J connectivity index is 1.83. The molecular weight excluding hydrogens is 290 g/mol. The number of halogens is 1. The van der Waals surface area contributed by atoms with Gasteiger partial charge in [-0.2, -0.15) is 0 Å². The van der Waals surface area contributed by atoms with Gasteiger partial charge in [0.25, 0.3) is 0 Å². The molecule has 0 aliphatic carbocycles. The molecule has 0 bridgehead atoms. The Hall–Kier alpha value is -1.03. The van der Waals surface area contributed by atoms with Crippen molar-refractivity contribution in [1.29, 1.82) is 0 Å². The summed E-state index contributed by atoms with van der Waals surface area (Å²) in [6.45, 7) is 3.84. The van der Waals surface area contributed by atoms with E-state index in [0.717, 1.165) is 29.7 Å². The summed E-state index contributed by atoms with van der Waals surface area (Å²) in [6.07, 6.45) is 1.04. The topological polar surface area (TPSA) is 21.3 Å². The van der Waals surface area contributed by atoms with Crippen LogP contribution in [-0.2, 0) is 6.42 Å². The van der Waals surface area contributed by atoms with Crippen LogP contribution in [-0.4, -0.2) is 13.2 Å². The fourth-order valence-electron chi connectivity index (χ4n) is 2.78. The van der Waals surface area contributed by atoms with Crippen LogP contribution in [0.15, 0.2) is 36.4 Å². The van der Waals surface area contributed by atoms with Crippen LogP contribution in [0.3, 0.4) is 0 Å². The number of nitrogens with one attached hydrogen (secondary N) is 1. The third-order valence-corrected chi connectivity index (χ3v) is 5.02. The molecule has 2 heterocycles. The largest absolute Gasteiger partial charge is 0.493 e. The van der Waals surface area contributed by atoms with Gasteiger partial charge in [-0.05, 0) is 36.7 Å². The predicted octanol–water partition coefficient (Wildman–Crippen LogP) is 4.30. The highest BCUT2D eigenvalue weighted by atomic mass is 35.5. The maximum Gasteiger partial charge on any atom is 0.122 e. The normalized spacial score (nSPS) is 19.2. The number of para-hydroxylation sites is 1. The summed E-state index contributed by atoms with van der Waals surface area (Å²) in [5, 5.41) is 3.58. The molecule has 1 aliphatic heterocycles. The second-order valence-electron chi connectivity index (χ2n) is 5.06. The van der Waals surface area contributed by atoms with E-state index in [-0.39, 0.29) is 0 Å². The van der Waals surface area contributed by atoms with Crippen LogP contribution >= 0.6 is 22.9 Å². The maximum absolute atomic E-state index is 6.08. The Morgan fingerprint density at radius 2 is 2.20 bits per heavy atom. The van der Waals surface area contributed by atoms with Crippen molar-refractivity contribution in [2.24, 2.45) is 5.92 Å². The van der Waals surface area contributed by atoms with Crippen molar-refractivity contribution in [2.45, 2.75) is 19.4 Å². The molecule has 1 aromatic heterocycles. The zero-order chi connectivity index (χ0) is 13.9. The highest BCUT2D eigenvalue weighted by Gasteiger charge is 2.28. The van der Waals surface area contributed by atoms with E-state index in [2.05, 4.69) is 36.5 Å². The van der Waals surface area contributed by atoms with Gasteiger partial charge in [0.1, 0.15) is 5.75 Å². The van der Waals surface area contributed by atoms with E-state index in [1.54, 1.807) is 11.3 Å². The van der Waals surface area contributed by atoms with E-state index in [4.69, 9.17) is 16.3 Å². The van der Waals surface area contributed by atoms with Crippen molar-refractivity contribution < 1.29 is 4.74 Å². The molecule has 20 heavy (non-hydrogen) atoms. The molecular formula is C16H18ClNOS. The van der Waals surface area contributed by atoms with Crippen molar-refractivity contribution in [1.82, 2.24) is 5.32 Å². The highest BCUT2D eigenvalue weighted by Crippen LogP contribution is 2.36. The van der Waals surface area contributed by atoms with E-state index in [1.807, 2.05) is 12.1 Å². The molecule has 2 aromatic rings. The number of fused-ring (bicyclic) bond motifs is 1. The number of rotatable bonds is 4. The lowest BCUT2D eigenvalue weighted by Gasteiger charge is -2.31. The summed E-state index contributed by atoms with van der Waals surface area (Å²) in [5.74, 6) is 1.47. The average Bonchev–Trinajstić information content (AvgIpc) is 2.90. The number of hydrogen-bond donors (Lipinski definition) is 1. The first-order valence-corrected chi connectivity index (χ1v) is 8.16. The molecule has 0 radical (unpaired) electrons. The Kier molecular flexibility index (Phi) is 4.29. The molecule has 0 amide bonds. The molecule has 1 aromatic carbocycles. The molecule has 1 aliphatic rings. The molecule has 4 heteroatoms. The molecule has 0 spiro atoms. The number of thiophene rings is 1. The zero-order valence-corrected chi connectivity index (χ0v) is 13.0. The maximum atomic E-state index is 6.08. The standard InChI is InChI=1S/C16H18ClNOS/c1-2-18-16(14-7-8-15(17)20-14)12-9-11-5-3-4-6-13(11)19-10-12/h3-8,12,16,18H,2,9-10H2,1H3. The summed E-state index contributed by atoms with van der Waals surface area (Å²) < 4.78 is 6.77. The van der Waals surface area contributed by atoms with Crippen LogP contribution in [0.5, 0.6) is 5.75 Å². The number of benzene rings is 1. The van der Waals surface area contributed by atoms with Crippen molar-refractivity contribution in [2.75, 3.05) is 13.2 Å². The lowest BCUT2D eigenvalue weighted by atomic mass is 9.89. The van der Waals surface area contributed by atoms with Crippen molar-refractivity contribution in [3.8, 4) is 5.75 Å². The Bertz CT molecular complexity index is 583. The SMILES string of the molecule is CCNC(c1ccc(Cl)s1)C1COc2ccccc2C1. The van der Waals surface area contributed by atoms with Gasteiger partial charge in [0.2, 0.25) is 0 Å². The van der Waals surface area contributed by atoms with Crippen LogP contribution in [0.25, 0.3) is 0 Å². The molecule has 0 saturated carbocycles. The average molecular weight is 308 g/mol. The first-order valence-electron chi connectivity index (χ1n) is 6.97. The Labute approximate surface area is 128 Å². The van der Waals surface area contributed by atoms with Crippen LogP contribution in [0.1, 0.15) is 23.4 Å². The summed E-state index contributed by atoms with van der Waals surface area (Å²) in [6, 6.07) is 12.7. The van der Waals surface area contributed by atoms with Gasteiger partial charge >= 0.3 is 0 Å². The quantitative estimate of drug-likeness (QED) is 0.909. The minimum absolute atomic E-state index is 0.311. The third-order valence-electron chi connectivity index (χ3n) is 3.70. The lowest BCUT2D eigenvalue weighted by Crippen LogP contribution is -2.34. The van der Waals surface area contributed by atoms with E-state index in [0.29, 0.717) is 12.0 Å². The predicted molar refractivity (Wildman–Crippen MR) is 84.9 cm³/mol. The molecule has 3 rings (SSSR count). The zero-order valence-electron chi connectivity index (χ0n) is 11.4. The van der Waals surface area contributed by atoms with Crippen LogP contribution in [0, 0.1) is 5.92 Å². The second kappa shape index (κ2) is 6.17. The minimum atomic E-state index is 0.311. The van der Waals surface area contributed by atoms with Crippen LogP contribution in [0.4, 0.5) is 0 Å². The second-order valence-corrected chi connectivity index (χ2v) is 6.81. The van der Waals surface area contributed by atoms with Crippen LogP contribution < -0.4 is 10.1 Å². The van der Waals surface area contributed by atoms with Gasteiger partial charge in [-0.1, -0.05) is 36.7 Å². The van der Waals surface area contributed by atoms with Crippen molar-refractivity contribution in [3.63, 3.8) is 0 Å². The molecule has 106 valence electrons. The van der Waals surface area contributed by atoms with E-state index in [1.165, 1.54) is 10.4 Å². The number of ether oxygens (including phenoxy) is 1. The van der Waals surface area contributed by atoms with E-state index < -0.39 is 0 Å². The molecule has 0 fully saturated rings. The van der Waals surface area contributed by atoms with Gasteiger partial charge in [0, 0.05) is 16.8 Å². The molecule has 2 unspecified atom stereocenters. The van der Waals surface area contributed by atoms with Gasteiger partial charge in [0.05, 0.1) is 10.9 Å². The molecule has 2 nitrogen and oxygen atoms in total. The fraction of sp³-hybridized carbons (Fsp3) is 0.375. The van der Waals surface area contributed by atoms with Gasteiger partial charge in [0.15, 0.2) is 0 Å².